The van der Waals surface area contributed by atoms with Crippen LogP contribution >= 0.6 is 0 Å². The van der Waals surface area contributed by atoms with E-state index >= 15 is 0 Å². The number of hydrogen-bond donors (Lipinski definition) is 1. The number of carbonyl (C=O) groups is 1. The second kappa shape index (κ2) is 8.85. The maximum atomic E-state index is 12.3. The van der Waals surface area contributed by atoms with E-state index in [0.717, 1.165) is 22.2 Å². The predicted octanol–water partition coefficient (Wildman–Crippen LogP) is 5.04. The van der Waals surface area contributed by atoms with Crippen molar-refractivity contribution in [2.24, 2.45) is 0 Å². The lowest BCUT2D eigenvalue weighted by molar-refractivity contribution is -0.116. The molecule has 0 radical (unpaired) electrons. The van der Waals surface area contributed by atoms with Gasteiger partial charge in [0, 0.05) is 30.5 Å². The average molecular weight is 424 g/mol. The molecule has 0 bridgehead atoms. The predicted molar refractivity (Wildman–Crippen MR) is 120 cm³/mol. The van der Waals surface area contributed by atoms with Gasteiger partial charge in [0.15, 0.2) is 11.4 Å². The molecular weight excluding hydrogens is 404 g/mol. The van der Waals surface area contributed by atoms with Crippen LogP contribution in [0, 0.1) is 0 Å². The average Bonchev–Trinajstić information content (AvgIpc) is 3.46. The molecule has 7 heteroatoms. The number of aryl methyl sites for hydroxylation is 1. The molecule has 2 heterocycles. The van der Waals surface area contributed by atoms with Gasteiger partial charge in [-0.1, -0.05) is 47.6 Å². The van der Waals surface area contributed by atoms with Crippen LogP contribution in [0.4, 0.5) is 5.69 Å². The summed E-state index contributed by atoms with van der Waals surface area (Å²) < 4.78 is 11.0. The van der Waals surface area contributed by atoms with Crippen molar-refractivity contribution < 1.29 is 13.7 Å². The molecule has 1 N–H and O–H groups in total. The number of para-hydroxylation sites is 2. The lowest BCUT2D eigenvalue weighted by Gasteiger charge is -2.04. The topological polar surface area (TPSA) is 94.0 Å². The Hall–Kier alpha value is -4.26. The quantitative estimate of drug-likeness (QED) is 0.393. The molecule has 5 rings (SSSR count). The molecule has 2 aromatic heterocycles. The van der Waals surface area contributed by atoms with Crippen molar-refractivity contribution in [1.82, 2.24) is 15.1 Å². The van der Waals surface area contributed by atoms with Gasteiger partial charge in [0.05, 0.1) is 0 Å². The fourth-order valence-corrected chi connectivity index (χ4v) is 3.38. The number of oxazole rings is 1. The van der Waals surface area contributed by atoms with E-state index in [1.807, 2.05) is 78.9 Å². The van der Waals surface area contributed by atoms with Gasteiger partial charge in [0.25, 0.3) is 0 Å². The van der Waals surface area contributed by atoms with E-state index in [-0.39, 0.29) is 12.3 Å². The number of rotatable bonds is 7. The van der Waals surface area contributed by atoms with Crippen LogP contribution in [0.2, 0.25) is 0 Å². The van der Waals surface area contributed by atoms with E-state index in [1.165, 1.54) is 0 Å². The highest BCUT2D eigenvalue weighted by molar-refractivity contribution is 5.91. The summed E-state index contributed by atoms with van der Waals surface area (Å²) in [6, 6.07) is 25.0. The second-order valence-electron chi connectivity index (χ2n) is 7.38. The maximum absolute atomic E-state index is 12.3. The molecule has 7 nitrogen and oxygen atoms in total. The number of carbonyl (C=O) groups excluding carboxylic acids is 1. The fourth-order valence-electron chi connectivity index (χ4n) is 3.38. The lowest BCUT2D eigenvalue weighted by Crippen LogP contribution is -2.12. The Kier molecular flexibility index (Phi) is 5.45. The minimum atomic E-state index is -0.123. The van der Waals surface area contributed by atoms with Crippen molar-refractivity contribution >= 4 is 22.7 Å². The summed E-state index contributed by atoms with van der Waals surface area (Å²) in [5, 5.41) is 6.88. The molecule has 158 valence electrons. The molecule has 1 amide bonds. The zero-order valence-electron chi connectivity index (χ0n) is 17.2. The van der Waals surface area contributed by atoms with Gasteiger partial charge in [-0.3, -0.25) is 4.79 Å². The van der Waals surface area contributed by atoms with E-state index in [0.29, 0.717) is 36.1 Å². The Morgan fingerprint density at radius 1 is 0.875 bits per heavy atom. The maximum Gasteiger partial charge on any atom is 0.227 e. The normalized spacial score (nSPS) is 11.0. The smallest absolute Gasteiger partial charge is 0.227 e. The summed E-state index contributed by atoms with van der Waals surface area (Å²) >= 11 is 0. The summed E-state index contributed by atoms with van der Waals surface area (Å²) in [5.41, 5.74) is 4.21. The second-order valence-corrected chi connectivity index (χ2v) is 7.38. The van der Waals surface area contributed by atoms with Gasteiger partial charge in [0.2, 0.25) is 17.7 Å². The van der Waals surface area contributed by atoms with Crippen LogP contribution in [0.15, 0.2) is 87.8 Å². The fraction of sp³-hybridized carbons (Fsp3) is 0.120. The third-order valence-corrected chi connectivity index (χ3v) is 4.99. The number of anilines is 1. The SMILES string of the molecule is O=C(CCc1nc(Cc2ccccc2)no1)Nc1ccc(-c2nc3ccccc3o2)cc1. The first-order valence-corrected chi connectivity index (χ1v) is 10.3. The zero-order valence-corrected chi connectivity index (χ0v) is 17.2. The van der Waals surface area contributed by atoms with Crippen molar-refractivity contribution in [3.63, 3.8) is 0 Å². The highest BCUT2D eigenvalue weighted by atomic mass is 16.5. The lowest BCUT2D eigenvalue weighted by atomic mass is 10.1. The van der Waals surface area contributed by atoms with Crippen LogP contribution in [0.25, 0.3) is 22.6 Å². The molecule has 0 fully saturated rings. The van der Waals surface area contributed by atoms with Crippen LogP contribution in [0.3, 0.4) is 0 Å². The van der Waals surface area contributed by atoms with Gasteiger partial charge >= 0.3 is 0 Å². The summed E-state index contributed by atoms with van der Waals surface area (Å²) in [4.78, 5) is 21.2. The first kappa shape index (κ1) is 19.7. The van der Waals surface area contributed by atoms with Crippen LogP contribution in [-0.4, -0.2) is 21.0 Å². The zero-order chi connectivity index (χ0) is 21.8. The number of hydrogen-bond acceptors (Lipinski definition) is 6. The van der Waals surface area contributed by atoms with Crippen molar-refractivity contribution in [1.29, 1.82) is 0 Å². The van der Waals surface area contributed by atoms with E-state index in [1.54, 1.807) is 0 Å². The van der Waals surface area contributed by atoms with E-state index in [2.05, 4.69) is 20.4 Å². The molecule has 0 unspecified atom stereocenters. The standard InChI is InChI=1S/C25H20N4O3/c30-23(14-15-24-28-22(29-32-24)16-17-6-2-1-3-7-17)26-19-12-10-18(11-13-19)25-27-20-8-4-5-9-21(20)31-25/h1-13H,14-16H2,(H,26,30). The minimum absolute atomic E-state index is 0.123. The van der Waals surface area contributed by atoms with Crippen LogP contribution < -0.4 is 5.32 Å². The molecule has 0 spiro atoms. The van der Waals surface area contributed by atoms with Gasteiger partial charge in [-0.2, -0.15) is 4.98 Å². The van der Waals surface area contributed by atoms with Gasteiger partial charge in [0.1, 0.15) is 5.52 Å². The molecule has 0 saturated heterocycles. The molecule has 3 aromatic carbocycles. The molecular formula is C25H20N4O3. The highest BCUT2D eigenvalue weighted by Crippen LogP contribution is 2.25. The van der Waals surface area contributed by atoms with Crippen molar-refractivity contribution in [2.45, 2.75) is 19.3 Å². The number of nitrogens with zero attached hydrogens (tertiary/aromatic N) is 3. The number of fused-ring (bicyclic) bond motifs is 1. The third kappa shape index (κ3) is 4.57. The molecule has 0 atom stereocenters. The Morgan fingerprint density at radius 2 is 1.66 bits per heavy atom. The van der Waals surface area contributed by atoms with Crippen molar-refractivity contribution in [2.75, 3.05) is 5.32 Å². The Bertz CT molecular complexity index is 1310. The van der Waals surface area contributed by atoms with E-state index in [9.17, 15) is 4.79 Å². The minimum Gasteiger partial charge on any atom is -0.436 e. The molecule has 32 heavy (non-hydrogen) atoms. The van der Waals surface area contributed by atoms with Crippen LogP contribution in [0.5, 0.6) is 0 Å². The van der Waals surface area contributed by atoms with Gasteiger partial charge < -0.3 is 14.3 Å². The van der Waals surface area contributed by atoms with Gasteiger partial charge in [-0.25, -0.2) is 4.98 Å². The van der Waals surface area contributed by atoms with Crippen molar-refractivity contribution in [3.8, 4) is 11.5 Å². The third-order valence-electron chi connectivity index (χ3n) is 4.99. The first-order valence-electron chi connectivity index (χ1n) is 10.3. The summed E-state index contributed by atoms with van der Waals surface area (Å²) in [6.07, 6.45) is 1.23. The molecule has 0 saturated carbocycles. The summed E-state index contributed by atoms with van der Waals surface area (Å²) in [7, 11) is 0. The van der Waals surface area contributed by atoms with Crippen molar-refractivity contribution in [3.05, 3.63) is 96.1 Å². The molecule has 0 aliphatic carbocycles. The van der Waals surface area contributed by atoms with E-state index < -0.39 is 0 Å². The summed E-state index contributed by atoms with van der Waals surface area (Å²) in [6.45, 7) is 0. The monoisotopic (exact) mass is 424 g/mol. The summed E-state index contributed by atoms with van der Waals surface area (Å²) in [5.74, 6) is 1.49. The number of aromatic nitrogens is 3. The molecule has 0 aliphatic rings. The first-order chi connectivity index (χ1) is 15.7. The molecule has 5 aromatic rings. The number of benzene rings is 3. The Labute approximate surface area is 184 Å². The van der Waals surface area contributed by atoms with Gasteiger partial charge in [-0.05, 0) is 42.0 Å². The van der Waals surface area contributed by atoms with Crippen LogP contribution in [-0.2, 0) is 17.6 Å². The molecule has 0 aliphatic heterocycles. The Balaban J connectivity index is 1.15. The van der Waals surface area contributed by atoms with Gasteiger partial charge in [-0.15, -0.1) is 0 Å². The largest absolute Gasteiger partial charge is 0.436 e. The van der Waals surface area contributed by atoms with E-state index in [4.69, 9.17) is 8.94 Å². The highest BCUT2D eigenvalue weighted by Gasteiger charge is 2.11. The number of amides is 1. The van der Waals surface area contributed by atoms with Crippen LogP contribution in [0.1, 0.15) is 23.7 Å². The Morgan fingerprint density at radius 3 is 2.47 bits per heavy atom. The number of nitrogens with one attached hydrogen (secondary N) is 1.